The molecular weight excluding hydrogens is 216 g/mol. The standard InChI is InChI=1S/C7H12N6O3/c8-1-6-11-12-7(16-6)13(2-4(9)14)3-5(10)15/h1-3,8H2,(H2,9,14)(H2,10,15). The van der Waals surface area contributed by atoms with E-state index in [1.807, 2.05) is 0 Å². The molecule has 0 saturated heterocycles. The Morgan fingerprint density at radius 2 is 1.75 bits per heavy atom. The third kappa shape index (κ3) is 3.20. The Kier molecular flexibility index (Phi) is 3.78. The van der Waals surface area contributed by atoms with Gasteiger partial charge in [0.2, 0.25) is 17.7 Å². The SMILES string of the molecule is NCc1nnc(N(CC(N)=O)CC(N)=O)o1. The van der Waals surface area contributed by atoms with Gasteiger partial charge in [0.15, 0.2) is 0 Å². The highest BCUT2D eigenvalue weighted by atomic mass is 16.4. The minimum absolute atomic E-state index is 0.0157. The van der Waals surface area contributed by atoms with E-state index in [2.05, 4.69) is 10.2 Å². The van der Waals surface area contributed by atoms with E-state index in [4.69, 9.17) is 21.6 Å². The van der Waals surface area contributed by atoms with Crippen molar-refractivity contribution in [2.75, 3.05) is 18.0 Å². The van der Waals surface area contributed by atoms with Gasteiger partial charge < -0.3 is 26.5 Å². The van der Waals surface area contributed by atoms with Crippen LogP contribution in [0.3, 0.4) is 0 Å². The van der Waals surface area contributed by atoms with Crippen molar-refractivity contribution in [2.24, 2.45) is 17.2 Å². The maximum Gasteiger partial charge on any atom is 0.319 e. The second-order valence-electron chi connectivity index (χ2n) is 2.97. The minimum atomic E-state index is -0.645. The Morgan fingerprint density at radius 3 is 2.12 bits per heavy atom. The summed E-state index contributed by atoms with van der Waals surface area (Å²) in [5.41, 5.74) is 15.3. The molecule has 0 radical (unpaired) electrons. The van der Waals surface area contributed by atoms with E-state index in [9.17, 15) is 9.59 Å². The van der Waals surface area contributed by atoms with Crippen molar-refractivity contribution in [2.45, 2.75) is 6.54 Å². The number of nitrogens with zero attached hydrogens (tertiary/aromatic N) is 3. The van der Waals surface area contributed by atoms with Crippen LogP contribution in [0, 0.1) is 0 Å². The summed E-state index contributed by atoms with van der Waals surface area (Å²) in [5, 5.41) is 7.19. The van der Waals surface area contributed by atoms with Crippen LogP contribution in [0.1, 0.15) is 5.89 Å². The van der Waals surface area contributed by atoms with Gasteiger partial charge in [0.25, 0.3) is 0 Å². The van der Waals surface area contributed by atoms with Crippen molar-refractivity contribution < 1.29 is 14.0 Å². The topological polar surface area (TPSA) is 154 Å². The third-order valence-corrected chi connectivity index (χ3v) is 1.59. The predicted molar refractivity (Wildman–Crippen MR) is 52.8 cm³/mol. The minimum Gasteiger partial charge on any atom is -0.407 e. The normalized spacial score (nSPS) is 10.1. The fourth-order valence-corrected chi connectivity index (χ4v) is 1.02. The molecule has 0 bridgehead atoms. The first kappa shape index (κ1) is 11.9. The van der Waals surface area contributed by atoms with Crippen LogP contribution in [0.15, 0.2) is 4.42 Å². The number of carbonyl (C=O) groups excluding carboxylic acids is 2. The number of carbonyl (C=O) groups is 2. The van der Waals surface area contributed by atoms with Crippen molar-refractivity contribution >= 4 is 17.8 Å². The molecule has 0 fully saturated rings. The maximum atomic E-state index is 10.8. The molecule has 0 aromatic carbocycles. The number of anilines is 1. The zero-order valence-electron chi connectivity index (χ0n) is 8.42. The van der Waals surface area contributed by atoms with Crippen molar-refractivity contribution in [3.05, 3.63) is 5.89 Å². The van der Waals surface area contributed by atoms with Crippen molar-refractivity contribution in [3.8, 4) is 0 Å². The summed E-state index contributed by atoms with van der Waals surface area (Å²) in [6.45, 7) is -0.418. The first-order valence-electron chi connectivity index (χ1n) is 4.37. The van der Waals surface area contributed by atoms with Gasteiger partial charge in [-0.25, -0.2) is 0 Å². The van der Waals surface area contributed by atoms with Gasteiger partial charge in [0.1, 0.15) is 13.1 Å². The van der Waals surface area contributed by atoms with Crippen LogP contribution in [0.5, 0.6) is 0 Å². The van der Waals surface area contributed by atoms with E-state index in [-0.39, 0.29) is 31.5 Å². The molecule has 9 nitrogen and oxygen atoms in total. The van der Waals surface area contributed by atoms with E-state index >= 15 is 0 Å². The zero-order chi connectivity index (χ0) is 12.1. The lowest BCUT2D eigenvalue weighted by Gasteiger charge is -2.15. The molecule has 0 aliphatic rings. The molecule has 1 aromatic heterocycles. The fourth-order valence-electron chi connectivity index (χ4n) is 1.02. The smallest absolute Gasteiger partial charge is 0.319 e. The Balaban J connectivity index is 2.82. The Labute approximate surface area is 90.6 Å². The molecular formula is C7H12N6O3. The molecule has 0 aliphatic heterocycles. The Morgan fingerprint density at radius 1 is 1.19 bits per heavy atom. The zero-order valence-corrected chi connectivity index (χ0v) is 8.42. The number of hydrogen-bond donors (Lipinski definition) is 3. The van der Waals surface area contributed by atoms with Gasteiger partial charge in [0.05, 0.1) is 6.54 Å². The molecule has 1 aromatic rings. The quantitative estimate of drug-likeness (QED) is 0.478. The van der Waals surface area contributed by atoms with Gasteiger partial charge in [-0.15, -0.1) is 5.10 Å². The van der Waals surface area contributed by atoms with E-state index in [0.29, 0.717) is 0 Å². The lowest BCUT2D eigenvalue weighted by molar-refractivity contribution is -0.117. The average Bonchev–Trinajstić information content (AvgIpc) is 2.63. The summed E-state index contributed by atoms with van der Waals surface area (Å²) in [6, 6.07) is -0.0157. The molecule has 1 rings (SSSR count). The van der Waals surface area contributed by atoms with Crippen LogP contribution in [0.2, 0.25) is 0 Å². The highest BCUT2D eigenvalue weighted by molar-refractivity contribution is 5.83. The summed E-state index contributed by atoms with van der Waals surface area (Å²) >= 11 is 0. The van der Waals surface area contributed by atoms with Gasteiger partial charge in [-0.3, -0.25) is 9.59 Å². The van der Waals surface area contributed by atoms with E-state index in [1.165, 1.54) is 4.90 Å². The van der Waals surface area contributed by atoms with Crippen LogP contribution >= 0.6 is 0 Å². The average molecular weight is 228 g/mol. The summed E-state index contributed by atoms with van der Waals surface area (Å²) < 4.78 is 5.06. The number of primary amides is 2. The third-order valence-electron chi connectivity index (χ3n) is 1.59. The lowest BCUT2D eigenvalue weighted by Crippen LogP contribution is -2.39. The highest BCUT2D eigenvalue weighted by Gasteiger charge is 2.17. The molecule has 0 unspecified atom stereocenters. The number of nitrogens with two attached hydrogens (primary N) is 3. The van der Waals surface area contributed by atoms with Crippen molar-refractivity contribution in [1.82, 2.24) is 10.2 Å². The first-order chi connectivity index (χ1) is 7.52. The summed E-state index contributed by atoms with van der Waals surface area (Å²) in [5.74, 6) is -1.10. The molecule has 0 spiro atoms. The van der Waals surface area contributed by atoms with Crippen LogP contribution in [0.4, 0.5) is 6.01 Å². The fraction of sp³-hybridized carbons (Fsp3) is 0.429. The van der Waals surface area contributed by atoms with E-state index < -0.39 is 11.8 Å². The second-order valence-corrected chi connectivity index (χ2v) is 2.97. The lowest BCUT2D eigenvalue weighted by atomic mass is 10.4. The first-order valence-corrected chi connectivity index (χ1v) is 4.37. The maximum absolute atomic E-state index is 10.8. The number of hydrogen-bond acceptors (Lipinski definition) is 7. The molecule has 0 saturated carbocycles. The van der Waals surface area contributed by atoms with Gasteiger partial charge >= 0.3 is 6.01 Å². The van der Waals surface area contributed by atoms with Crippen molar-refractivity contribution in [1.29, 1.82) is 0 Å². The molecule has 9 heteroatoms. The van der Waals surface area contributed by atoms with Crippen LogP contribution in [0.25, 0.3) is 0 Å². The molecule has 6 N–H and O–H groups in total. The Hall–Kier alpha value is -2.16. The monoisotopic (exact) mass is 228 g/mol. The predicted octanol–water partition coefficient (Wildman–Crippen LogP) is -2.69. The summed E-state index contributed by atoms with van der Waals surface area (Å²) in [7, 11) is 0. The second kappa shape index (κ2) is 5.07. The summed E-state index contributed by atoms with van der Waals surface area (Å²) in [6.07, 6.45) is 0. The van der Waals surface area contributed by atoms with E-state index in [0.717, 1.165) is 0 Å². The van der Waals surface area contributed by atoms with Crippen LogP contribution in [-0.4, -0.2) is 35.1 Å². The highest BCUT2D eigenvalue weighted by Crippen LogP contribution is 2.10. The number of amides is 2. The van der Waals surface area contributed by atoms with E-state index in [1.54, 1.807) is 0 Å². The number of aromatic nitrogens is 2. The van der Waals surface area contributed by atoms with Gasteiger partial charge in [-0.05, 0) is 0 Å². The Bertz CT molecular complexity index is 373. The van der Waals surface area contributed by atoms with Crippen LogP contribution in [-0.2, 0) is 16.1 Å². The number of rotatable bonds is 6. The molecule has 0 atom stereocenters. The van der Waals surface area contributed by atoms with Crippen LogP contribution < -0.4 is 22.1 Å². The van der Waals surface area contributed by atoms with Gasteiger partial charge in [0, 0.05) is 0 Å². The van der Waals surface area contributed by atoms with Gasteiger partial charge in [-0.1, -0.05) is 5.10 Å². The van der Waals surface area contributed by atoms with Gasteiger partial charge in [-0.2, -0.15) is 0 Å². The molecule has 0 aliphatic carbocycles. The summed E-state index contributed by atoms with van der Waals surface area (Å²) in [4.78, 5) is 22.7. The van der Waals surface area contributed by atoms with Crippen molar-refractivity contribution in [3.63, 3.8) is 0 Å². The molecule has 16 heavy (non-hydrogen) atoms. The molecule has 2 amide bonds. The largest absolute Gasteiger partial charge is 0.407 e. The molecule has 1 heterocycles. The molecule has 88 valence electrons.